The monoisotopic (exact) mass is 520 g/mol. The van der Waals surface area contributed by atoms with Crippen molar-refractivity contribution in [1.29, 1.82) is 0 Å². The number of aliphatic hydroxyl groups is 1. The molecule has 7 N–H and O–H groups in total. The molecule has 37 heavy (non-hydrogen) atoms. The molecular formula is C27H29ClN6O3. The van der Waals surface area contributed by atoms with Gasteiger partial charge in [-0.1, -0.05) is 55.8 Å². The number of nitrogen functional groups attached to an aromatic ring is 1. The second kappa shape index (κ2) is 11.0. The van der Waals surface area contributed by atoms with Gasteiger partial charge in [-0.3, -0.25) is 14.5 Å². The maximum atomic E-state index is 13.2. The number of hydrogen-bond acceptors (Lipinski definition) is 6. The largest absolute Gasteiger partial charge is 0.381 e. The standard InChI is InChI=1S/C27H29ClN6O3/c1-3-34(4-2)23(24(35)26(37)31-16-10-12-21-22(14-16)33-27(30)32-21)19-11-9-15(13-20(19)28)17-7-5-6-8-18(17)25(29)36/h5-14,23-24,35H,3-4H2,1-2H3,(H2,29,36)(H,31,37)(H3,30,32,33). The van der Waals surface area contributed by atoms with Crippen LogP contribution in [0, 0.1) is 0 Å². The Kier molecular flexibility index (Phi) is 7.77. The zero-order chi connectivity index (χ0) is 26.7. The number of fused-ring (bicyclic) bond motifs is 1. The van der Waals surface area contributed by atoms with Crippen LogP contribution in [0.15, 0.2) is 60.7 Å². The van der Waals surface area contributed by atoms with Gasteiger partial charge in [-0.05, 0) is 60.1 Å². The van der Waals surface area contributed by atoms with Crippen LogP contribution >= 0.6 is 11.6 Å². The van der Waals surface area contributed by atoms with Crippen molar-refractivity contribution in [3.05, 3.63) is 76.8 Å². The second-order valence-corrected chi connectivity index (χ2v) is 9.01. The van der Waals surface area contributed by atoms with Crippen molar-refractivity contribution in [3.63, 3.8) is 0 Å². The minimum atomic E-state index is -1.43. The Hall–Kier alpha value is -3.92. The number of primary amides is 1. The summed E-state index contributed by atoms with van der Waals surface area (Å²) in [5, 5.41) is 14.4. The van der Waals surface area contributed by atoms with Crippen molar-refractivity contribution >= 4 is 46.1 Å². The van der Waals surface area contributed by atoms with Gasteiger partial charge in [0.15, 0.2) is 12.1 Å². The van der Waals surface area contributed by atoms with E-state index < -0.39 is 24.0 Å². The van der Waals surface area contributed by atoms with Gasteiger partial charge in [-0.25, -0.2) is 4.98 Å². The third-order valence-electron chi connectivity index (χ3n) is 6.36. The number of carbonyl (C=O) groups excluding carboxylic acids is 2. The number of aromatic nitrogens is 2. The molecule has 0 spiro atoms. The summed E-state index contributed by atoms with van der Waals surface area (Å²) in [6.45, 7) is 5.05. The number of carbonyl (C=O) groups is 2. The van der Waals surface area contributed by atoms with Crippen molar-refractivity contribution in [2.75, 3.05) is 24.1 Å². The molecule has 1 heterocycles. The van der Waals surface area contributed by atoms with Gasteiger partial charge in [0.2, 0.25) is 5.91 Å². The topological polar surface area (TPSA) is 150 Å². The molecule has 2 unspecified atom stereocenters. The second-order valence-electron chi connectivity index (χ2n) is 8.60. The number of nitrogens with zero attached hydrogens (tertiary/aromatic N) is 2. The molecule has 0 fully saturated rings. The fourth-order valence-electron chi connectivity index (χ4n) is 4.53. The molecule has 0 aliphatic heterocycles. The summed E-state index contributed by atoms with van der Waals surface area (Å²) in [6, 6.07) is 16.7. The Morgan fingerprint density at radius 3 is 2.51 bits per heavy atom. The van der Waals surface area contributed by atoms with Crippen molar-refractivity contribution in [2.45, 2.75) is 26.0 Å². The SMILES string of the molecule is CCN(CC)C(c1ccc(-c2ccccc2C(N)=O)cc1Cl)C(O)C(=O)Nc1ccc2nc(N)[nH]c2c1. The van der Waals surface area contributed by atoms with Crippen molar-refractivity contribution < 1.29 is 14.7 Å². The number of benzene rings is 3. The van der Waals surface area contributed by atoms with E-state index in [1.807, 2.05) is 24.8 Å². The van der Waals surface area contributed by atoms with E-state index in [9.17, 15) is 14.7 Å². The van der Waals surface area contributed by atoms with Crippen LogP contribution in [0.2, 0.25) is 5.02 Å². The van der Waals surface area contributed by atoms with E-state index in [0.29, 0.717) is 57.1 Å². The molecule has 2 atom stereocenters. The molecule has 2 amide bonds. The Morgan fingerprint density at radius 1 is 1.11 bits per heavy atom. The highest BCUT2D eigenvalue weighted by Gasteiger charge is 2.33. The number of rotatable bonds is 9. The first-order valence-electron chi connectivity index (χ1n) is 11.9. The number of aliphatic hydroxyl groups excluding tert-OH is 1. The summed E-state index contributed by atoms with van der Waals surface area (Å²) in [7, 11) is 0. The molecule has 0 saturated carbocycles. The third-order valence-corrected chi connectivity index (χ3v) is 6.69. The summed E-state index contributed by atoms with van der Waals surface area (Å²) in [5.74, 6) is -0.848. The molecule has 10 heteroatoms. The lowest BCUT2D eigenvalue weighted by Crippen LogP contribution is -2.43. The Bertz CT molecular complexity index is 1450. The summed E-state index contributed by atoms with van der Waals surface area (Å²) in [6.07, 6.45) is -1.43. The van der Waals surface area contributed by atoms with Crippen LogP contribution in [0.25, 0.3) is 22.2 Å². The van der Waals surface area contributed by atoms with Crippen LogP contribution in [0.1, 0.15) is 35.8 Å². The number of amides is 2. The highest BCUT2D eigenvalue weighted by Crippen LogP contribution is 2.35. The molecule has 1 aromatic heterocycles. The normalized spacial score (nSPS) is 13.0. The number of anilines is 2. The van der Waals surface area contributed by atoms with Crippen LogP contribution in [0.4, 0.5) is 11.6 Å². The summed E-state index contributed by atoms with van der Waals surface area (Å²) in [4.78, 5) is 34.1. The minimum absolute atomic E-state index is 0.275. The number of imidazole rings is 1. The number of nitrogens with two attached hydrogens (primary N) is 2. The van der Waals surface area contributed by atoms with Crippen molar-refractivity contribution in [3.8, 4) is 11.1 Å². The fraction of sp³-hybridized carbons (Fsp3) is 0.222. The average molecular weight is 521 g/mol. The van der Waals surface area contributed by atoms with Crippen LogP contribution < -0.4 is 16.8 Å². The van der Waals surface area contributed by atoms with Gasteiger partial charge in [-0.15, -0.1) is 0 Å². The predicted molar refractivity (Wildman–Crippen MR) is 146 cm³/mol. The van der Waals surface area contributed by atoms with E-state index in [4.69, 9.17) is 23.1 Å². The number of halogens is 1. The quantitative estimate of drug-likeness (QED) is 0.225. The number of likely N-dealkylation sites (N-methyl/N-ethyl adjacent to an activating group) is 1. The molecule has 192 valence electrons. The predicted octanol–water partition coefficient (Wildman–Crippen LogP) is 3.95. The maximum Gasteiger partial charge on any atom is 0.255 e. The van der Waals surface area contributed by atoms with Gasteiger partial charge < -0.3 is 26.9 Å². The maximum absolute atomic E-state index is 13.2. The van der Waals surface area contributed by atoms with E-state index >= 15 is 0 Å². The molecule has 4 rings (SSSR count). The van der Waals surface area contributed by atoms with Crippen LogP contribution in [0.5, 0.6) is 0 Å². The lowest BCUT2D eigenvalue weighted by Gasteiger charge is -2.33. The molecule has 9 nitrogen and oxygen atoms in total. The van der Waals surface area contributed by atoms with Gasteiger partial charge in [0.05, 0.1) is 17.1 Å². The molecule has 0 saturated heterocycles. The molecule has 0 bridgehead atoms. The fourth-order valence-corrected chi connectivity index (χ4v) is 4.83. The van der Waals surface area contributed by atoms with Crippen molar-refractivity contribution in [1.82, 2.24) is 14.9 Å². The highest BCUT2D eigenvalue weighted by atomic mass is 35.5. The highest BCUT2D eigenvalue weighted by molar-refractivity contribution is 6.31. The smallest absolute Gasteiger partial charge is 0.255 e. The third kappa shape index (κ3) is 5.43. The molecule has 4 aromatic rings. The Morgan fingerprint density at radius 2 is 1.84 bits per heavy atom. The Labute approximate surface area is 219 Å². The molecule has 3 aromatic carbocycles. The number of nitrogens with one attached hydrogen (secondary N) is 2. The van der Waals surface area contributed by atoms with Crippen LogP contribution in [-0.2, 0) is 4.79 Å². The first-order valence-corrected chi connectivity index (χ1v) is 12.3. The van der Waals surface area contributed by atoms with E-state index in [-0.39, 0.29) is 5.95 Å². The lowest BCUT2D eigenvalue weighted by molar-refractivity contribution is -0.127. The Balaban J connectivity index is 1.66. The molecule has 0 aliphatic rings. The lowest BCUT2D eigenvalue weighted by atomic mass is 9.94. The number of hydrogen-bond donors (Lipinski definition) is 5. The van der Waals surface area contributed by atoms with Gasteiger partial charge in [0, 0.05) is 16.3 Å². The van der Waals surface area contributed by atoms with Gasteiger partial charge in [0.1, 0.15) is 0 Å². The van der Waals surface area contributed by atoms with Crippen LogP contribution in [-0.4, -0.2) is 51.0 Å². The van der Waals surface area contributed by atoms with E-state index in [1.54, 1.807) is 54.6 Å². The first kappa shape index (κ1) is 26.2. The van der Waals surface area contributed by atoms with Gasteiger partial charge in [-0.2, -0.15) is 0 Å². The van der Waals surface area contributed by atoms with Crippen molar-refractivity contribution in [2.24, 2.45) is 5.73 Å². The summed E-state index contributed by atoms with van der Waals surface area (Å²) < 4.78 is 0. The minimum Gasteiger partial charge on any atom is -0.381 e. The number of H-pyrrole nitrogens is 1. The number of aromatic amines is 1. The molecule has 0 aliphatic carbocycles. The summed E-state index contributed by atoms with van der Waals surface area (Å²) in [5.41, 5.74) is 15.4. The molecular weight excluding hydrogens is 492 g/mol. The molecule has 0 radical (unpaired) electrons. The zero-order valence-corrected chi connectivity index (χ0v) is 21.3. The van der Waals surface area contributed by atoms with Gasteiger partial charge in [0.25, 0.3) is 5.91 Å². The summed E-state index contributed by atoms with van der Waals surface area (Å²) >= 11 is 6.73. The van der Waals surface area contributed by atoms with Gasteiger partial charge >= 0.3 is 0 Å². The first-order chi connectivity index (χ1) is 17.7. The van der Waals surface area contributed by atoms with E-state index in [1.165, 1.54) is 0 Å². The zero-order valence-electron chi connectivity index (χ0n) is 20.5. The van der Waals surface area contributed by atoms with E-state index in [0.717, 1.165) is 0 Å². The average Bonchev–Trinajstić information content (AvgIpc) is 3.26. The van der Waals surface area contributed by atoms with E-state index in [2.05, 4.69) is 15.3 Å². The van der Waals surface area contributed by atoms with Crippen LogP contribution in [0.3, 0.4) is 0 Å².